The number of hydrogen-bond donors (Lipinski definition) is 1. The van der Waals surface area contributed by atoms with Gasteiger partial charge in [0.2, 0.25) is 5.91 Å². The van der Waals surface area contributed by atoms with Crippen LogP contribution in [-0.2, 0) is 16.0 Å². The molecule has 41 heavy (non-hydrogen) atoms. The van der Waals surface area contributed by atoms with Crippen molar-refractivity contribution in [2.75, 3.05) is 44.8 Å². The lowest BCUT2D eigenvalue weighted by Crippen LogP contribution is -2.36. The number of amides is 1. The van der Waals surface area contributed by atoms with Gasteiger partial charge in [0.15, 0.2) is 0 Å². The number of morpholine rings is 1. The Kier molecular flexibility index (Phi) is 9.57. The van der Waals surface area contributed by atoms with Crippen LogP contribution in [0.25, 0.3) is 33.6 Å². The number of halogens is 2. The van der Waals surface area contributed by atoms with Gasteiger partial charge >= 0.3 is 0 Å². The molecule has 2 aliphatic rings. The molecule has 0 unspecified atom stereocenters. The predicted octanol–water partition coefficient (Wildman–Crippen LogP) is 7.14. The SMILES string of the molecule is Cl.O=C1Cc2c(-c3ccccc3)cc(-c3ccc(OCCCCN4CCOCC4)c(Cl)c3)nc2-c2ccccc2N1. The number of unbranched alkanes of at least 4 members (excludes halogenated alkanes) is 1. The second-order valence-corrected chi connectivity index (χ2v) is 10.6. The van der Waals surface area contributed by atoms with Crippen molar-refractivity contribution in [1.82, 2.24) is 9.88 Å². The molecule has 1 amide bonds. The number of fused-ring (bicyclic) bond motifs is 3. The molecule has 0 bridgehead atoms. The molecule has 0 radical (unpaired) electrons. The highest BCUT2D eigenvalue weighted by Crippen LogP contribution is 2.40. The number of pyridine rings is 1. The largest absolute Gasteiger partial charge is 0.492 e. The second-order valence-electron chi connectivity index (χ2n) is 10.2. The van der Waals surface area contributed by atoms with Crippen LogP contribution in [0.3, 0.4) is 0 Å². The zero-order chi connectivity index (χ0) is 27.3. The van der Waals surface area contributed by atoms with E-state index in [1.54, 1.807) is 0 Å². The summed E-state index contributed by atoms with van der Waals surface area (Å²) in [7, 11) is 0. The van der Waals surface area contributed by atoms with E-state index in [-0.39, 0.29) is 24.7 Å². The van der Waals surface area contributed by atoms with Crippen molar-refractivity contribution >= 4 is 35.6 Å². The molecule has 0 saturated carbocycles. The topological polar surface area (TPSA) is 63.7 Å². The normalized spacial score (nSPS) is 14.7. The van der Waals surface area contributed by atoms with Crippen molar-refractivity contribution < 1.29 is 14.3 Å². The van der Waals surface area contributed by atoms with Gasteiger partial charge in [0.25, 0.3) is 0 Å². The fourth-order valence-corrected chi connectivity index (χ4v) is 5.61. The highest BCUT2D eigenvalue weighted by Gasteiger charge is 2.24. The predicted molar refractivity (Wildman–Crippen MR) is 167 cm³/mol. The van der Waals surface area contributed by atoms with E-state index in [0.717, 1.165) is 90.6 Å². The highest BCUT2D eigenvalue weighted by molar-refractivity contribution is 6.32. The summed E-state index contributed by atoms with van der Waals surface area (Å²) in [6.07, 6.45) is 2.30. The molecule has 1 saturated heterocycles. The van der Waals surface area contributed by atoms with Crippen molar-refractivity contribution in [3.63, 3.8) is 0 Å². The lowest BCUT2D eigenvalue weighted by atomic mass is 9.92. The lowest BCUT2D eigenvalue weighted by molar-refractivity contribution is -0.115. The van der Waals surface area contributed by atoms with E-state index in [9.17, 15) is 4.79 Å². The molecule has 8 heteroatoms. The van der Waals surface area contributed by atoms with Gasteiger partial charge in [-0.1, -0.05) is 60.1 Å². The molecule has 6 nitrogen and oxygen atoms in total. The average molecular weight is 591 g/mol. The minimum Gasteiger partial charge on any atom is -0.492 e. The number of carbonyl (C=O) groups is 1. The molecule has 1 N–H and O–H groups in total. The molecule has 212 valence electrons. The maximum Gasteiger partial charge on any atom is 0.228 e. The molecular weight excluding hydrogens is 557 g/mol. The first-order valence-electron chi connectivity index (χ1n) is 13.9. The summed E-state index contributed by atoms with van der Waals surface area (Å²) < 4.78 is 11.5. The minimum absolute atomic E-state index is 0. The number of para-hydroxylation sites is 1. The van der Waals surface area contributed by atoms with Crippen LogP contribution < -0.4 is 10.1 Å². The monoisotopic (exact) mass is 589 g/mol. The number of anilines is 1. The molecule has 1 aromatic heterocycles. The Labute approximate surface area is 252 Å². The first-order valence-corrected chi connectivity index (χ1v) is 14.2. The van der Waals surface area contributed by atoms with Crippen LogP contribution in [0.2, 0.25) is 5.02 Å². The van der Waals surface area contributed by atoms with Crippen molar-refractivity contribution in [3.8, 4) is 39.4 Å². The lowest BCUT2D eigenvalue weighted by Gasteiger charge is -2.26. The van der Waals surface area contributed by atoms with Gasteiger partial charge in [-0.2, -0.15) is 0 Å². The quantitative estimate of drug-likeness (QED) is 0.221. The average Bonchev–Trinajstić information content (AvgIpc) is 3.13. The summed E-state index contributed by atoms with van der Waals surface area (Å²) in [4.78, 5) is 20.4. The van der Waals surface area contributed by atoms with Crippen LogP contribution in [0.15, 0.2) is 78.9 Å². The fraction of sp³-hybridized carbons (Fsp3) is 0.273. The van der Waals surface area contributed by atoms with E-state index in [4.69, 9.17) is 26.1 Å². The molecule has 2 aliphatic heterocycles. The van der Waals surface area contributed by atoms with Gasteiger partial charge in [-0.15, -0.1) is 12.4 Å². The van der Waals surface area contributed by atoms with Gasteiger partial charge < -0.3 is 14.8 Å². The van der Waals surface area contributed by atoms with Gasteiger partial charge in [0.05, 0.1) is 48.3 Å². The molecule has 1 fully saturated rings. The van der Waals surface area contributed by atoms with Gasteiger partial charge in [-0.25, -0.2) is 4.98 Å². The second kappa shape index (κ2) is 13.5. The molecule has 6 rings (SSSR count). The maximum absolute atomic E-state index is 12.9. The van der Waals surface area contributed by atoms with Gasteiger partial charge in [0, 0.05) is 24.2 Å². The van der Waals surface area contributed by atoms with Crippen LogP contribution in [0.4, 0.5) is 5.69 Å². The Hall–Kier alpha value is -3.42. The van der Waals surface area contributed by atoms with Crippen LogP contribution in [0.1, 0.15) is 18.4 Å². The van der Waals surface area contributed by atoms with Gasteiger partial charge in [0.1, 0.15) is 5.75 Å². The van der Waals surface area contributed by atoms with Crippen molar-refractivity contribution in [3.05, 3.63) is 89.4 Å². The maximum atomic E-state index is 12.9. The van der Waals surface area contributed by atoms with E-state index in [1.807, 2.05) is 60.7 Å². The molecule has 0 aliphatic carbocycles. The van der Waals surface area contributed by atoms with E-state index < -0.39 is 0 Å². The van der Waals surface area contributed by atoms with E-state index in [1.165, 1.54) is 0 Å². The summed E-state index contributed by atoms with van der Waals surface area (Å²) in [6.45, 7) is 5.36. The van der Waals surface area contributed by atoms with E-state index >= 15 is 0 Å². The molecular formula is C33H33Cl2N3O3. The molecule has 3 heterocycles. The summed E-state index contributed by atoms with van der Waals surface area (Å²) in [5.74, 6) is 0.627. The standard InChI is InChI=1S/C33H32ClN3O3.ClH/c34-28-20-24(12-13-31(28)40-17-7-6-14-37-15-18-39-19-16-37)30-21-26(23-8-2-1-3-9-23)27-22-32(38)35-29-11-5-4-10-25(29)33(27)36-30;/h1-5,8-13,20-21H,6-7,14-19,22H2,(H,35,38);1H. The first-order chi connectivity index (χ1) is 19.7. The van der Waals surface area contributed by atoms with Crippen LogP contribution in [-0.4, -0.2) is 55.2 Å². The third kappa shape index (κ3) is 6.74. The van der Waals surface area contributed by atoms with Crippen molar-refractivity contribution in [2.45, 2.75) is 19.3 Å². The number of rotatable bonds is 8. The number of carbonyl (C=O) groups excluding carboxylic acids is 1. The first kappa shape index (κ1) is 29.1. The smallest absolute Gasteiger partial charge is 0.228 e. The zero-order valence-corrected chi connectivity index (χ0v) is 24.3. The number of aromatic nitrogens is 1. The number of hydrogen-bond acceptors (Lipinski definition) is 5. The summed E-state index contributed by atoms with van der Waals surface area (Å²) in [5.41, 5.74) is 7.12. The van der Waals surface area contributed by atoms with Crippen LogP contribution in [0, 0.1) is 0 Å². The zero-order valence-electron chi connectivity index (χ0n) is 22.8. The Morgan fingerprint density at radius 3 is 2.49 bits per heavy atom. The summed E-state index contributed by atoms with van der Waals surface area (Å²) >= 11 is 6.71. The van der Waals surface area contributed by atoms with Crippen molar-refractivity contribution in [1.29, 1.82) is 0 Å². The number of nitrogens with one attached hydrogen (secondary N) is 1. The summed E-state index contributed by atoms with van der Waals surface area (Å²) in [5, 5.41) is 3.60. The molecule has 0 spiro atoms. The molecule has 4 aromatic rings. The highest BCUT2D eigenvalue weighted by atomic mass is 35.5. The van der Waals surface area contributed by atoms with Crippen LogP contribution >= 0.6 is 24.0 Å². The van der Waals surface area contributed by atoms with Crippen molar-refractivity contribution in [2.24, 2.45) is 0 Å². The molecule has 3 aromatic carbocycles. The summed E-state index contributed by atoms with van der Waals surface area (Å²) in [6, 6.07) is 25.9. The van der Waals surface area contributed by atoms with Gasteiger partial charge in [-0.3, -0.25) is 9.69 Å². The third-order valence-electron chi connectivity index (χ3n) is 7.46. The van der Waals surface area contributed by atoms with E-state index in [2.05, 4.69) is 28.4 Å². The van der Waals surface area contributed by atoms with Crippen LogP contribution in [0.5, 0.6) is 5.75 Å². The fourth-order valence-electron chi connectivity index (χ4n) is 5.37. The Morgan fingerprint density at radius 1 is 0.902 bits per heavy atom. The number of nitrogens with zero attached hydrogens (tertiary/aromatic N) is 2. The Morgan fingerprint density at radius 2 is 1.68 bits per heavy atom. The number of benzene rings is 3. The Bertz CT molecular complexity index is 1510. The number of ether oxygens (including phenoxy) is 2. The minimum atomic E-state index is -0.0487. The van der Waals surface area contributed by atoms with Gasteiger partial charge in [-0.05, 0) is 66.4 Å². The third-order valence-corrected chi connectivity index (χ3v) is 7.76. The Balaban J connectivity index is 0.00000337. The van der Waals surface area contributed by atoms with E-state index in [0.29, 0.717) is 17.4 Å². The molecule has 0 atom stereocenters.